The van der Waals surface area contributed by atoms with E-state index in [1.165, 1.54) is 78.1 Å². The van der Waals surface area contributed by atoms with Crippen LogP contribution in [0, 0.1) is 48.2 Å². The molecule has 0 aliphatic carbocycles. The summed E-state index contributed by atoms with van der Waals surface area (Å²) in [4.78, 5) is 4.91. The maximum Gasteiger partial charge on any atom is 0.0146 e. The quantitative estimate of drug-likeness (QED) is 0.173. The molecular formula is C34H46Cl2N3O4RuS-. The summed E-state index contributed by atoms with van der Waals surface area (Å²) < 4.78 is 38.5. The van der Waals surface area contributed by atoms with Gasteiger partial charge in [0.15, 0.2) is 0 Å². The fourth-order valence-corrected chi connectivity index (χ4v) is 8.44. The van der Waals surface area contributed by atoms with E-state index in [1.807, 2.05) is 13.8 Å². The van der Waals surface area contributed by atoms with Crippen molar-refractivity contribution in [2.24, 2.45) is 0 Å². The van der Waals surface area contributed by atoms with Gasteiger partial charge in [0.1, 0.15) is 0 Å². The Kier molecular flexibility index (Phi) is 13.0. The summed E-state index contributed by atoms with van der Waals surface area (Å²) in [5.41, 5.74) is 11.4. The number of anilines is 2. The van der Waals surface area contributed by atoms with Crippen LogP contribution in [0.3, 0.4) is 0 Å². The van der Waals surface area contributed by atoms with E-state index in [4.69, 9.17) is 28.9 Å². The van der Waals surface area contributed by atoms with Crippen LogP contribution in [-0.4, -0.2) is 57.7 Å². The van der Waals surface area contributed by atoms with Crippen molar-refractivity contribution in [3.8, 4) is 11.5 Å². The molecule has 0 saturated carbocycles. The third-order valence-electron chi connectivity index (χ3n) is 7.30. The number of methoxy groups -OCH3 is 1. The largest absolute Gasteiger partial charge is 0.502 e. The van der Waals surface area contributed by atoms with E-state index in [9.17, 15) is 8.42 Å². The fourth-order valence-electron chi connectivity index (χ4n) is 5.72. The van der Waals surface area contributed by atoms with Gasteiger partial charge in [0, 0.05) is 24.5 Å². The van der Waals surface area contributed by atoms with Gasteiger partial charge in [-0.05, 0) is 63.8 Å². The topological polar surface area (TPSA) is 62.3 Å². The van der Waals surface area contributed by atoms with Gasteiger partial charge in [0.25, 0.3) is 0 Å². The first-order valence-electron chi connectivity index (χ1n) is 14.6. The summed E-state index contributed by atoms with van der Waals surface area (Å²) in [7, 11) is 12.7. The zero-order valence-corrected chi connectivity index (χ0v) is 32.2. The number of rotatable bonds is 8. The molecule has 1 aliphatic heterocycles. The molecule has 0 amide bonds. The molecule has 0 radical (unpaired) electrons. The molecule has 0 atom stereocenters. The van der Waals surface area contributed by atoms with Gasteiger partial charge in [-0.1, -0.05) is 35.4 Å². The number of hydrogen-bond acceptors (Lipinski definition) is 6. The molecule has 4 rings (SSSR count). The second-order valence-corrected chi connectivity index (χ2v) is 19.7. The SMILES string of the molecule is COc1cc(S(=O)(=O)N(C)C)cc([CH]=[Ru]([Cl])[Cl])c1OC(C)C.Cc1cc(C)c(N2[CH-]N(c3c(C)cc(C)cc3C)CC2)c(C)c1. The monoisotopic (exact) mass is 764 g/mol. The molecule has 1 fully saturated rings. The number of nitrogens with zero attached hydrogens (tertiary/aromatic N) is 3. The summed E-state index contributed by atoms with van der Waals surface area (Å²) in [5, 5.41) is 0. The predicted molar refractivity (Wildman–Crippen MR) is 187 cm³/mol. The van der Waals surface area contributed by atoms with Crippen LogP contribution in [0.2, 0.25) is 0 Å². The molecule has 45 heavy (non-hydrogen) atoms. The molecule has 0 spiro atoms. The van der Waals surface area contributed by atoms with E-state index in [-0.39, 0.29) is 11.0 Å². The molecule has 11 heteroatoms. The number of aryl methyl sites for hydroxylation is 6. The Bertz CT molecular complexity index is 1560. The smallest absolute Gasteiger partial charge is 0.0146 e. The second kappa shape index (κ2) is 15.6. The van der Waals surface area contributed by atoms with Gasteiger partial charge in [-0.2, -0.15) is 6.67 Å². The van der Waals surface area contributed by atoms with Crippen LogP contribution in [-0.2, 0) is 23.5 Å². The van der Waals surface area contributed by atoms with Crippen LogP contribution in [0.5, 0.6) is 11.5 Å². The third kappa shape index (κ3) is 9.23. The maximum atomic E-state index is 12.3. The van der Waals surface area contributed by atoms with Gasteiger partial charge in [0.05, 0.1) is 0 Å². The number of sulfonamides is 1. The summed E-state index contributed by atoms with van der Waals surface area (Å²) in [6.07, 6.45) is -0.108. The molecule has 250 valence electrons. The van der Waals surface area contributed by atoms with Crippen molar-refractivity contribution < 1.29 is 31.4 Å². The van der Waals surface area contributed by atoms with Gasteiger partial charge in [-0.15, -0.1) is 0 Å². The molecule has 0 aromatic heterocycles. The van der Waals surface area contributed by atoms with E-state index >= 15 is 0 Å². The average Bonchev–Trinajstić information content (AvgIpc) is 3.36. The molecule has 1 aliphatic rings. The summed E-state index contributed by atoms with van der Waals surface area (Å²) in [6.45, 7) is 21.3. The first-order valence-corrected chi connectivity index (χ1v) is 21.6. The molecule has 1 saturated heterocycles. The first-order chi connectivity index (χ1) is 21.0. The molecule has 3 aromatic rings. The van der Waals surface area contributed by atoms with Crippen molar-refractivity contribution >= 4 is 45.4 Å². The molecule has 3 aromatic carbocycles. The van der Waals surface area contributed by atoms with Crippen LogP contribution in [0.1, 0.15) is 52.8 Å². The predicted octanol–water partition coefficient (Wildman–Crippen LogP) is 7.79. The van der Waals surface area contributed by atoms with Crippen LogP contribution in [0.25, 0.3) is 0 Å². The van der Waals surface area contributed by atoms with E-state index in [1.54, 1.807) is 4.61 Å². The zero-order valence-electron chi connectivity index (χ0n) is 28.1. The minimum absolute atomic E-state index is 0.0976. The Balaban J connectivity index is 0.000000246. The maximum absolute atomic E-state index is 12.3. The van der Waals surface area contributed by atoms with Crippen molar-refractivity contribution in [2.45, 2.75) is 66.4 Å². The van der Waals surface area contributed by atoms with E-state index in [0.717, 1.165) is 17.4 Å². The third-order valence-corrected chi connectivity index (χ3v) is 10.9. The van der Waals surface area contributed by atoms with Crippen molar-refractivity contribution in [3.63, 3.8) is 0 Å². The summed E-state index contributed by atoms with van der Waals surface area (Å²) in [5.74, 6) is 0.766. The minimum Gasteiger partial charge on any atom is -0.502 e. The molecule has 1 heterocycles. The Morgan fingerprint density at radius 1 is 0.844 bits per heavy atom. The normalized spacial score (nSPS) is 13.6. The van der Waals surface area contributed by atoms with Crippen molar-refractivity contribution in [1.82, 2.24) is 4.31 Å². The van der Waals surface area contributed by atoms with Gasteiger partial charge < -0.3 is 9.80 Å². The Morgan fingerprint density at radius 3 is 1.64 bits per heavy atom. The zero-order chi connectivity index (χ0) is 33.8. The Morgan fingerprint density at radius 2 is 1.29 bits per heavy atom. The van der Waals surface area contributed by atoms with Crippen molar-refractivity contribution in [3.05, 3.63) is 82.0 Å². The average molecular weight is 765 g/mol. The fraction of sp³-hybridized carbons (Fsp3) is 0.412. The Labute approximate surface area is 283 Å². The van der Waals surface area contributed by atoms with Gasteiger partial charge in [0.2, 0.25) is 0 Å². The van der Waals surface area contributed by atoms with E-state index in [0.29, 0.717) is 17.1 Å². The summed E-state index contributed by atoms with van der Waals surface area (Å²) in [6, 6.07) is 12.1. The molecular weight excluding hydrogens is 718 g/mol. The van der Waals surface area contributed by atoms with Crippen LogP contribution >= 0.6 is 19.4 Å². The van der Waals surface area contributed by atoms with Gasteiger partial charge in [-0.3, -0.25) is 0 Å². The van der Waals surface area contributed by atoms with Crippen molar-refractivity contribution in [2.75, 3.05) is 44.1 Å². The molecule has 0 unspecified atom stereocenters. The second-order valence-electron chi connectivity index (χ2n) is 11.8. The Hall–Kier alpha value is -2.16. The van der Waals surface area contributed by atoms with Crippen LogP contribution in [0.4, 0.5) is 11.4 Å². The van der Waals surface area contributed by atoms with E-state index < -0.39 is 23.5 Å². The molecule has 7 nitrogen and oxygen atoms in total. The van der Waals surface area contributed by atoms with Crippen LogP contribution < -0.4 is 19.3 Å². The number of halogens is 2. The van der Waals surface area contributed by atoms with Gasteiger partial charge in [-0.25, -0.2) is 0 Å². The van der Waals surface area contributed by atoms with Crippen molar-refractivity contribution in [1.29, 1.82) is 0 Å². The standard InChI is InChI=1S/C21H27N2.C13H19NO4S.2ClH.Ru/c1-14-9-16(3)20(17(4)10-14)22-7-8-23(13-22)21-18(5)11-15(2)12-19(21)6;1-9(2)18-13-10(3)7-11(8-12(13)17-6)19(15,16)14(4)5;;;/h9-13H,7-8H2,1-6H3;3,7-9H,1-2,4-6H3;2*1H;/q-1;;;;+2/p-2. The summed E-state index contributed by atoms with van der Waals surface area (Å²) >= 11 is -2.17. The number of hydrogen-bond donors (Lipinski definition) is 0. The molecule has 0 N–H and O–H groups in total. The van der Waals surface area contributed by atoms with E-state index in [2.05, 4.69) is 82.3 Å². The van der Waals surface area contributed by atoms with Gasteiger partial charge >= 0.3 is 145 Å². The number of ether oxygens (including phenoxy) is 2. The number of benzene rings is 3. The first kappa shape index (κ1) is 37.3. The molecule has 0 bridgehead atoms. The minimum atomic E-state index is -3.61. The van der Waals surface area contributed by atoms with Crippen LogP contribution in [0.15, 0.2) is 41.3 Å².